The Morgan fingerprint density at radius 3 is 2.91 bits per heavy atom. The maximum absolute atomic E-state index is 11.4. The number of rotatable bonds is 4. The van der Waals surface area contributed by atoms with Crippen molar-refractivity contribution in [3.63, 3.8) is 0 Å². The third-order valence-corrected chi connectivity index (χ3v) is 3.83. The minimum atomic E-state index is -0.0542. The topological polar surface area (TPSA) is 58.1 Å². The van der Waals surface area contributed by atoms with Crippen molar-refractivity contribution < 1.29 is 4.79 Å². The summed E-state index contributed by atoms with van der Waals surface area (Å²) in [7, 11) is 0. The second-order valence-corrected chi connectivity index (χ2v) is 5.51. The van der Waals surface area contributed by atoms with Crippen molar-refractivity contribution in [1.29, 1.82) is 0 Å². The van der Waals surface area contributed by atoms with Gasteiger partial charge in [0, 0.05) is 44.2 Å². The quantitative estimate of drug-likeness (QED) is 0.941. The van der Waals surface area contributed by atoms with Gasteiger partial charge in [0.05, 0.1) is 5.69 Å². The summed E-state index contributed by atoms with van der Waals surface area (Å²) in [5.74, 6) is 0.364. The van der Waals surface area contributed by atoms with Crippen LogP contribution in [0.25, 0.3) is 0 Å². The number of hydrogen-bond acceptors (Lipinski definition) is 4. The summed E-state index contributed by atoms with van der Waals surface area (Å²) in [4.78, 5) is 22.5. The van der Waals surface area contributed by atoms with Gasteiger partial charge in [-0.3, -0.25) is 15.0 Å². The van der Waals surface area contributed by atoms with Crippen molar-refractivity contribution in [2.75, 3.05) is 11.9 Å². The van der Waals surface area contributed by atoms with E-state index >= 15 is 0 Å². The maximum Gasteiger partial charge on any atom is 0.229 e. The van der Waals surface area contributed by atoms with Gasteiger partial charge in [0.1, 0.15) is 0 Å². The van der Waals surface area contributed by atoms with Crippen molar-refractivity contribution in [2.24, 2.45) is 0 Å². The van der Waals surface area contributed by atoms with Crippen LogP contribution in [0.4, 0.5) is 5.95 Å². The molecule has 1 aliphatic rings. The molecule has 5 nitrogen and oxygen atoms in total. The molecule has 1 N–H and O–H groups in total. The molecule has 0 bridgehead atoms. The molecule has 0 aliphatic carbocycles. The zero-order valence-electron chi connectivity index (χ0n) is 12.7. The zero-order valence-corrected chi connectivity index (χ0v) is 12.7. The lowest BCUT2D eigenvalue weighted by molar-refractivity contribution is -0.115. The van der Waals surface area contributed by atoms with Crippen molar-refractivity contribution in [3.05, 3.63) is 53.3 Å². The zero-order chi connectivity index (χ0) is 15.4. The van der Waals surface area contributed by atoms with Crippen LogP contribution in [0, 0.1) is 0 Å². The molecule has 1 aromatic heterocycles. The van der Waals surface area contributed by atoms with Gasteiger partial charge in [0.25, 0.3) is 0 Å². The highest BCUT2D eigenvalue weighted by Gasteiger charge is 2.18. The van der Waals surface area contributed by atoms with Crippen LogP contribution < -0.4 is 5.32 Å². The minimum Gasteiger partial charge on any atom is -0.295 e. The second kappa shape index (κ2) is 6.66. The van der Waals surface area contributed by atoms with Crippen molar-refractivity contribution >= 4 is 11.9 Å². The number of hydrogen-bond donors (Lipinski definition) is 1. The molecule has 1 aromatic carbocycles. The predicted molar refractivity (Wildman–Crippen MR) is 85.2 cm³/mol. The molecule has 0 unspecified atom stereocenters. The average molecular weight is 296 g/mol. The number of fused-ring (bicyclic) bond motifs is 1. The normalized spacial score (nSPS) is 14.4. The average Bonchev–Trinajstić information content (AvgIpc) is 2.56. The van der Waals surface area contributed by atoms with Crippen molar-refractivity contribution in [3.8, 4) is 0 Å². The molecule has 0 atom stereocenters. The summed E-state index contributed by atoms with van der Waals surface area (Å²) in [6.07, 6.45) is 3.16. The SMILES string of the molecule is CCC(=O)Nc1ncc2c(n1)CCN(Cc1ccccc1)C2. The number of anilines is 1. The molecule has 5 heteroatoms. The second-order valence-electron chi connectivity index (χ2n) is 5.51. The third kappa shape index (κ3) is 3.49. The van der Waals surface area contributed by atoms with E-state index in [-0.39, 0.29) is 5.91 Å². The van der Waals surface area contributed by atoms with E-state index in [0.29, 0.717) is 12.4 Å². The van der Waals surface area contributed by atoms with Crippen LogP contribution >= 0.6 is 0 Å². The number of nitrogens with one attached hydrogen (secondary N) is 1. The molecule has 0 radical (unpaired) electrons. The molecule has 2 aromatic rings. The number of nitrogens with zero attached hydrogens (tertiary/aromatic N) is 3. The van der Waals surface area contributed by atoms with E-state index in [1.807, 2.05) is 19.2 Å². The number of carbonyl (C=O) groups is 1. The van der Waals surface area contributed by atoms with Crippen LogP contribution in [0.2, 0.25) is 0 Å². The molecule has 3 rings (SSSR count). The first-order valence-corrected chi connectivity index (χ1v) is 7.65. The number of carbonyl (C=O) groups excluding carboxylic acids is 1. The first-order valence-electron chi connectivity index (χ1n) is 7.65. The highest BCUT2D eigenvalue weighted by atomic mass is 16.1. The van der Waals surface area contributed by atoms with Crippen molar-refractivity contribution in [1.82, 2.24) is 14.9 Å². The lowest BCUT2D eigenvalue weighted by Gasteiger charge is -2.28. The first kappa shape index (κ1) is 14.7. The van der Waals surface area contributed by atoms with Crippen LogP contribution in [0.5, 0.6) is 0 Å². The fourth-order valence-electron chi connectivity index (χ4n) is 2.62. The molecule has 0 spiro atoms. The summed E-state index contributed by atoms with van der Waals surface area (Å²) < 4.78 is 0. The smallest absolute Gasteiger partial charge is 0.229 e. The highest BCUT2D eigenvalue weighted by molar-refractivity contribution is 5.88. The van der Waals surface area contributed by atoms with Gasteiger partial charge in [0.15, 0.2) is 0 Å². The molecule has 0 fully saturated rings. The van der Waals surface area contributed by atoms with E-state index in [9.17, 15) is 4.79 Å². The summed E-state index contributed by atoms with van der Waals surface area (Å²) in [5.41, 5.74) is 3.51. The van der Waals surface area contributed by atoms with Gasteiger partial charge in [0.2, 0.25) is 11.9 Å². The number of benzene rings is 1. The standard InChI is InChI=1S/C17H20N4O/c1-2-16(22)20-17-18-10-14-12-21(9-8-15(14)19-17)11-13-6-4-3-5-7-13/h3-7,10H,2,8-9,11-12H2,1H3,(H,18,19,20,22). The van der Waals surface area contributed by atoms with Gasteiger partial charge < -0.3 is 0 Å². The number of aromatic nitrogens is 2. The van der Waals surface area contributed by atoms with E-state index < -0.39 is 0 Å². The fraction of sp³-hybridized carbons (Fsp3) is 0.353. The van der Waals surface area contributed by atoms with Crippen LogP contribution in [-0.4, -0.2) is 27.3 Å². The molecule has 22 heavy (non-hydrogen) atoms. The van der Waals surface area contributed by atoms with E-state index in [1.165, 1.54) is 5.56 Å². The molecular formula is C17H20N4O. The number of amides is 1. The van der Waals surface area contributed by atoms with Crippen LogP contribution in [0.3, 0.4) is 0 Å². The van der Waals surface area contributed by atoms with E-state index in [0.717, 1.165) is 37.3 Å². The summed E-state index contributed by atoms with van der Waals surface area (Å²) in [5, 5.41) is 2.72. The fourth-order valence-corrected chi connectivity index (χ4v) is 2.62. The Balaban J connectivity index is 1.67. The van der Waals surface area contributed by atoms with Gasteiger partial charge >= 0.3 is 0 Å². The van der Waals surface area contributed by atoms with E-state index in [4.69, 9.17) is 0 Å². The summed E-state index contributed by atoms with van der Waals surface area (Å²) >= 11 is 0. The Morgan fingerprint density at radius 1 is 1.32 bits per heavy atom. The molecule has 2 heterocycles. The Kier molecular flexibility index (Phi) is 4.44. The molecule has 1 amide bonds. The Bertz CT molecular complexity index is 657. The first-order chi connectivity index (χ1) is 10.7. The predicted octanol–water partition coefficient (Wildman–Crippen LogP) is 2.38. The van der Waals surface area contributed by atoms with Gasteiger partial charge in [-0.25, -0.2) is 9.97 Å². The minimum absolute atomic E-state index is 0.0542. The molecular weight excluding hydrogens is 276 g/mol. The van der Waals surface area contributed by atoms with Crippen LogP contribution in [-0.2, 0) is 24.3 Å². The maximum atomic E-state index is 11.4. The van der Waals surface area contributed by atoms with Gasteiger partial charge in [-0.1, -0.05) is 37.3 Å². The summed E-state index contributed by atoms with van der Waals surface area (Å²) in [6.45, 7) is 4.58. The monoisotopic (exact) mass is 296 g/mol. The largest absolute Gasteiger partial charge is 0.295 e. The Labute approximate surface area is 130 Å². The Hall–Kier alpha value is -2.27. The molecule has 1 aliphatic heterocycles. The van der Waals surface area contributed by atoms with E-state index in [2.05, 4.69) is 44.5 Å². The van der Waals surface area contributed by atoms with Crippen molar-refractivity contribution in [2.45, 2.75) is 32.9 Å². The van der Waals surface area contributed by atoms with Crippen LogP contribution in [0.1, 0.15) is 30.2 Å². The molecule has 114 valence electrons. The van der Waals surface area contributed by atoms with Gasteiger partial charge in [-0.05, 0) is 5.56 Å². The third-order valence-electron chi connectivity index (χ3n) is 3.83. The Morgan fingerprint density at radius 2 is 2.14 bits per heavy atom. The summed E-state index contributed by atoms with van der Waals surface area (Å²) in [6, 6.07) is 10.5. The van der Waals surface area contributed by atoms with Gasteiger partial charge in [-0.2, -0.15) is 0 Å². The van der Waals surface area contributed by atoms with E-state index in [1.54, 1.807) is 0 Å². The lowest BCUT2D eigenvalue weighted by atomic mass is 10.1. The molecule has 0 saturated heterocycles. The van der Waals surface area contributed by atoms with Gasteiger partial charge in [-0.15, -0.1) is 0 Å². The van der Waals surface area contributed by atoms with Crippen LogP contribution in [0.15, 0.2) is 36.5 Å². The molecule has 0 saturated carbocycles. The highest BCUT2D eigenvalue weighted by Crippen LogP contribution is 2.19. The lowest BCUT2D eigenvalue weighted by Crippen LogP contribution is -2.31.